The van der Waals surface area contributed by atoms with E-state index in [1.54, 1.807) is 29.3 Å². The van der Waals surface area contributed by atoms with Gasteiger partial charge in [-0.05, 0) is 36.4 Å². The monoisotopic (exact) mass is 350 g/mol. The smallest absolute Gasteiger partial charge is 0.256 e. The van der Waals surface area contributed by atoms with E-state index in [0.29, 0.717) is 11.4 Å². The first-order valence-electron chi connectivity index (χ1n) is 8.35. The minimum atomic E-state index is -0.207. The predicted octanol–water partition coefficient (Wildman–Crippen LogP) is 1.75. The molecule has 0 bridgehead atoms. The number of hydrogen-bond donors (Lipinski definition) is 1. The van der Waals surface area contributed by atoms with Gasteiger partial charge in [0.1, 0.15) is 18.5 Å². The molecule has 4 rings (SSSR count). The van der Waals surface area contributed by atoms with Crippen molar-refractivity contribution in [1.29, 1.82) is 0 Å². The van der Waals surface area contributed by atoms with E-state index in [9.17, 15) is 4.79 Å². The summed E-state index contributed by atoms with van der Waals surface area (Å²) in [6.07, 6.45) is 4.84. The lowest BCUT2D eigenvalue weighted by Gasteiger charge is -2.28. The number of rotatable bonds is 4. The Labute approximate surface area is 150 Å². The lowest BCUT2D eigenvalue weighted by atomic mass is 10.2. The maximum atomic E-state index is 12.4. The Bertz CT molecular complexity index is 856. The van der Waals surface area contributed by atoms with E-state index in [1.807, 2.05) is 24.3 Å². The van der Waals surface area contributed by atoms with Gasteiger partial charge in [-0.25, -0.2) is 14.6 Å². The Morgan fingerprint density at radius 2 is 1.81 bits per heavy atom. The normalized spacial score (nSPS) is 14.2. The molecule has 1 aromatic carbocycles. The highest BCUT2D eigenvalue weighted by molar-refractivity contribution is 6.03. The van der Waals surface area contributed by atoms with Gasteiger partial charge in [-0.3, -0.25) is 4.79 Å². The van der Waals surface area contributed by atoms with Crippen LogP contribution in [0, 0.1) is 0 Å². The number of ether oxygens (including phenoxy) is 1. The van der Waals surface area contributed by atoms with Crippen molar-refractivity contribution < 1.29 is 9.53 Å². The van der Waals surface area contributed by atoms with Gasteiger partial charge in [0.25, 0.3) is 5.91 Å². The molecule has 8 heteroatoms. The second-order valence-corrected chi connectivity index (χ2v) is 5.84. The van der Waals surface area contributed by atoms with Crippen molar-refractivity contribution in [2.45, 2.75) is 0 Å². The van der Waals surface area contributed by atoms with Crippen LogP contribution in [0.1, 0.15) is 10.4 Å². The zero-order valence-electron chi connectivity index (χ0n) is 14.1. The molecule has 8 nitrogen and oxygen atoms in total. The fourth-order valence-corrected chi connectivity index (χ4v) is 2.76. The first-order valence-corrected chi connectivity index (χ1v) is 8.35. The molecule has 1 amide bonds. The SMILES string of the molecule is O=C(Nc1ccc(N2CCOCC2)cn1)c1ccc(-n2cncn2)cc1. The van der Waals surface area contributed by atoms with E-state index >= 15 is 0 Å². The maximum Gasteiger partial charge on any atom is 0.256 e. The topological polar surface area (TPSA) is 85.2 Å². The van der Waals surface area contributed by atoms with Gasteiger partial charge >= 0.3 is 0 Å². The van der Waals surface area contributed by atoms with Crippen LogP contribution in [0.5, 0.6) is 0 Å². The number of hydrogen-bond acceptors (Lipinski definition) is 6. The van der Waals surface area contributed by atoms with Crippen LogP contribution in [0.25, 0.3) is 5.69 Å². The summed E-state index contributed by atoms with van der Waals surface area (Å²) in [7, 11) is 0. The van der Waals surface area contributed by atoms with E-state index in [2.05, 4.69) is 25.3 Å². The standard InChI is InChI=1S/C18H18N6O2/c25-18(14-1-3-15(4-2-14)24-13-19-12-21-24)22-17-6-5-16(11-20-17)23-7-9-26-10-8-23/h1-6,11-13H,7-10H2,(H,20,22,25). The zero-order chi connectivity index (χ0) is 17.8. The van der Waals surface area contributed by atoms with Crippen LogP contribution in [0.2, 0.25) is 0 Å². The molecule has 1 saturated heterocycles. The van der Waals surface area contributed by atoms with Crippen LogP contribution in [-0.2, 0) is 4.74 Å². The van der Waals surface area contributed by atoms with E-state index in [1.165, 1.54) is 6.33 Å². The van der Waals surface area contributed by atoms with Crippen molar-refractivity contribution in [2.24, 2.45) is 0 Å². The Kier molecular flexibility index (Phi) is 4.57. The molecule has 132 valence electrons. The van der Waals surface area contributed by atoms with Crippen LogP contribution in [0.15, 0.2) is 55.2 Å². The fraction of sp³-hybridized carbons (Fsp3) is 0.222. The van der Waals surface area contributed by atoms with Crippen LogP contribution in [0.4, 0.5) is 11.5 Å². The molecule has 2 aromatic heterocycles. The van der Waals surface area contributed by atoms with Gasteiger partial charge in [-0.2, -0.15) is 5.10 Å². The van der Waals surface area contributed by atoms with Crippen molar-refractivity contribution >= 4 is 17.4 Å². The molecule has 0 atom stereocenters. The molecular weight excluding hydrogens is 332 g/mol. The van der Waals surface area contributed by atoms with Crippen molar-refractivity contribution in [2.75, 3.05) is 36.5 Å². The Balaban J connectivity index is 1.41. The molecule has 0 aliphatic carbocycles. The fourth-order valence-electron chi connectivity index (χ4n) is 2.76. The molecule has 0 radical (unpaired) electrons. The van der Waals surface area contributed by atoms with Crippen molar-refractivity contribution in [1.82, 2.24) is 19.7 Å². The van der Waals surface area contributed by atoms with Crippen LogP contribution in [0.3, 0.4) is 0 Å². The average Bonchev–Trinajstić information content (AvgIpc) is 3.24. The molecule has 3 aromatic rings. The molecule has 26 heavy (non-hydrogen) atoms. The highest BCUT2D eigenvalue weighted by Crippen LogP contribution is 2.17. The van der Waals surface area contributed by atoms with E-state index < -0.39 is 0 Å². The lowest BCUT2D eigenvalue weighted by Crippen LogP contribution is -2.36. The second kappa shape index (κ2) is 7.32. The number of carbonyl (C=O) groups is 1. The minimum Gasteiger partial charge on any atom is -0.378 e. The van der Waals surface area contributed by atoms with Gasteiger partial charge < -0.3 is 15.0 Å². The van der Waals surface area contributed by atoms with Gasteiger partial charge in [0, 0.05) is 18.7 Å². The highest BCUT2D eigenvalue weighted by Gasteiger charge is 2.12. The number of carbonyl (C=O) groups excluding carboxylic acids is 1. The van der Waals surface area contributed by atoms with E-state index in [-0.39, 0.29) is 5.91 Å². The predicted molar refractivity (Wildman–Crippen MR) is 96.6 cm³/mol. The molecule has 0 unspecified atom stereocenters. The number of nitrogens with one attached hydrogen (secondary N) is 1. The Morgan fingerprint density at radius 3 is 2.46 bits per heavy atom. The quantitative estimate of drug-likeness (QED) is 0.772. The third kappa shape index (κ3) is 3.55. The number of amides is 1. The van der Waals surface area contributed by atoms with E-state index in [0.717, 1.165) is 37.7 Å². The van der Waals surface area contributed by atoms with Crippen LogP contribution >= 0.6 is 0 Å². The molecule has 1 aliphatic rings. The summed E-state index contributed by atoms with van der Waals surface area (Å²) in [4.78, 5) is 22.8. The second-order valence-electron chi connectivity index (χ2n) is 5.84. The summed E-state index contributed by atoms with van der Waals surface area (Å²) in [6.45, 7) is 3.16. The van der Waals surface area contributed by atoms with Crippen LogP contribution < -0.4 is 10.2 Å². The maximum absolute atomic E-state index is 12.4. The van der Waals surface area contributed by atoms with Gasteiger partial charge in [0.05, 0.1) is 30.8 Å². The highest BCUT2D eigenvalue weighted by atomic mass is 16.5. The van der Waals surface area contributed by atoms with Crippen molar-refractivity contribution in [3.63, 3.8) is 0 Å². The van der Waals surface area contributed by atoms with E-state index in [4.69, 9.17) is 4.74 Å². The summed E-state index contributed by atoms with van der Waals surface area (Å²) >= 11 is 0. The number of morpholine rings is 1. The van der Waals surface area contributed by atoms with Gasteiger partial charge in [-0.1, -0.05) is 0 Å². The van der Waals surface area contributed by atoms with Crippen LogP contribution in [-0.4, -0.2) is 52.0 Å². The first-order chi connectivity index (χ1) is 12.8. The summed E-state index contributed by atoms with van der Waals surface area (Å²) in [5, 5.41) is 6.87. The summed E-state index contributed by atoms with van der Waals surface area (Å²) in [5.41, 5.74) is 2.42. The van der Waals surface area contributed by atoms with Gasteiger partial charge in [0.2, 0.25) is 0 Å². The third-order valence-corrected chi connectivity index (χ3v) is 4.18. The summed E-state index contributed by atoms with van der Waals surface area (Å²) in [5.74, 6) is 0.314. The number of anilines is 2. The average molecular weight is 350 g/mol. The summed E-state index contributed by atoms with van der Waals surface area (Å²) < 4.78 is 6.98. The third-order valence-electron chi connectivity index (χ3n) is 4.18. The Hall–Kier alpha value is -3.26. The van der Waals surface area contributed by atoms with Crippen molar-refractivity contribution in [3.05, 3.63) is 60.8 Å². The summed E-state index contributed by atoms with van der Waals surface area (Å²) in [6, 6.07) is 10.9. The molecule has 0 spiro atoms. The number of nitrogens with zero attached hydrogens (tertiary/aromatic N) is 5. The minimum absolute atomic E-state index is 0.207. The lowest BCUT2D eigenvalue weighted by molar-refractivity contribution is 0.102. The zero-order valence-corrected chi connectivity index (χ0v) is 14.1. The molecule has 3 heterocycles. The Morgan fingerprint density at radius 1 is 1.04 bits per heavy atom. The van der Waals surface area contributed by atoms with Crippen molar-refractivity contribution in [3.8, 4) is 5.69 Å². The molecular formula is C18H18N6O2. The largest absolute Gasteiger partial charge is 0.378 e. The molecule has 1 N–H and O–H groups in total. The molecule has 1 aliphatic heterocycles. The number of aromatic nitrogens is 4. The number of pyridine rings is 1. The number of benzene rings is 1. The molecule has 0 saturated carbocycles. The molecule has 1 fully saturated rings. The van der Waals surface area contributed by atoms with Gasteiger partial charge in [0.15, 0.2) is 0 Å². The van der Waals surface area contributed by atoms with Gasteiger partial charge in [-0.15, -0.1) is 0 Å². The first kappa shape index (κ1) is 16.2.